The molecule has 1 nitrogen and oxygen atoms in total. The van der Waals surface area contributed by atoms with Gasteiger partial charge in [0.25, 0.3) is 0 Å². The highest BCUT2D eigenvalue weighted by Gasteiger charge is 2.10. The molecule has 9 heavy (non-hydrogen) atoms. The van der Waals surface area contributed by atoms with Crippen LogP contribution in [0.25, 0.3) is 0 Å². The van der Waals surface area contributed by atoms with Gasteiger partial charge in [0.1, 0.15) is 0 Å². The van der Waals surface area contributed by atoms with Crippen LogP contribution in [0, 0.1) is 0 Å². The maximum atomic E-state index is 3.65. The van der Waals surface area contributed by atoms with E-state index in [0.717, 1.165) is 5.16 Å². The van der Waals surface area contributed by atoms with E-state index >= 15 is 0 Å². The van der Waals surface area contributed by atoms with Crippen LogP contribution in [0.15, 0.2) is 0 Å². The zero-order valence-electron chi connectivity index (χ0n) is 6.49. The molecule has 0 heterocycles. The zero-order valence-corrected chi connectivity index (χ0v) is 8.49. The van der Waals surface area contributed by atoms with Gasteiger partial charge in [-0.2, -0.15) is 0 Å². The normalized spacial score (nSPS) is 14.3. The Morgan fingerprint density at radius 1 is 1.67 bits per heavy atom. The van der Waals surface area contributed by atoms with Crippen LogP contribution in [0.1, 0.15) is 13.8 Å². The molecule has 0 saturated heterocycles. The van der Waals surface area contributed by atoms with Crippen molar-refractivity contribution in [3.05, 3.63) is 0 Å². The molecule has 0 aromatic rings. The molecule has 0 aliphatic rings. The summed E-state index contributed by atoms with van der Waals surface area (Å²) in [5.41, 5.74) is 0. The summed E-state index contributed by atoms with van der Waals surface area (Å²) >= 11 is 0. The van der Waals surface area contributed by atoms with E-state index in [4.69, 9.17) is 0 Å². The first-order valence-electron chi connectivity index (χ1n) is 3.42. The van der Waals surface area contributed by atoms with Gasteiger partial charge in [0.15, 0.2) is 0 Å². The Labute approximate surface area is 63.3 Å². The van der Waals surface area contributed by atoms with E-state index < -0.39 is 0 Å². The van der Waals surface area contributed by atoms with Gasteiger partial charge < -0.3 is 5.32 Å². The average molecular weight is 157 g/mol. The lowest BCUT2D eigenvalue weighted by molar-refractivity contribution is 0.938. The third-order valence-corrected chi connectivity index (χ3v) is 5.64. The van der Waals surface area contributed by atoms with Gasteiger partial charge in [-0.25, -0.2) is 0 Å². The van der Waals surface area contributed by atoms with Crippen molar-refractivity contribution >= 4 is 19.0 Å². The first-order valence-corrected chi connectivity index (χ1v) is 5.99. The zero-order chi connectivity index (χ0) is 7.28. The van der Waals surface area contributed by atoms with E-state index in [9.17, 15) is 0 Å². The SMILES string of the molecule is CC[Si](CNC)C(C)[Si]. The smallest absolute Gasteiger partial charge is 0.0638 e. The van der Waals surface area contributed by atoms with E-state index in [-0.39, 0.29) is 8.80 Å². The number of nitrogens with one attached hydrogen (secondary N) is 1. The third-order valence-electron chi connectivity index (χ3n) is 1.47. The maximum absolute atomic E-state index is 3.65. The fourth-order valence-corrected chi connectivity index (χ4v) is 3.35. The molecule has 1 unspecified atom stereocenters. The molecule has 1 atom stereocenters. The first-order chi connectivity index (χ1) is 4.22. The molecule has 0 fully saturated rings. The fourth-order valence-electron chi connectivity index (χ4n) is 0.811. The Kier molecular flexibility index (Phi) is 5.43. The molecule has 0 amide bonds. The third kappa shape index (κ3) is 3.89. The summed E-state index contributed by atoms with van der Waals surface area (Å²) in [4.78, 5) is 0. The highest BCUT2D eigenvalue weighted by Crippen LogP contribution is 2.05. The topological polar surface area (TPSA) is 12.0 Å². The summed E-state index contributed by atoms with van der Waals surface area (Å²) in [6.45, 7) is 4.51. The summed E-state index contributed by atoms with van der Waals surface area (Å²) in [6, 6.07) is 1.34. The molecule has 52 valence electrons. The lowest BCUT2D eigenvalue weighted by Crippen LogP contribution is -2.31. The lowest BCUT2D eigenvalue weighted by atomic mass is 10.9. The Morgan fingerprint density at radius 3 is 2.33 bits per heavy atom. The molecule has 0 spiro atoms. The van der Waals surface area contributed by atoms with Crippen LogP contribution in [0.5, 0.6) is 0 Å². The molecule has 0 aliphatic heterocycles. The molecule has 0 aromatic heterocycles. The minimum atomic E-state index is -0.149. The molecular formula is C6H15NSi2. The van der Waals surface area contributed by atoms with Crippen molar-refractivity contribution in [2.45, 2.75) is 25.1 Å². The predicted octanol–water partition coefficient (Wildman–Crippen LogP) is 0.776. The molecule has 4 radical (unpaired) electrons. The second-order valence-corrected chi connectivity index (χ2v) is 6.95. The summed E-state index contributed by atoms with van der Waals surface area (Å²) in [5, 5.41) is 3.94. The average Bonchev–Trinajstić information content (AvgIpc) is 1.82. The summed E-state index contributed by atoms with van der Waals surface area (Å²) in [7, 11) is 5.53. The highest BCUT2D eigenvalue weighted by atomic mass is 28.3. The summed E-state index contributed by atoms with van der Waals surface area (Å²) in [6.07, 6.45) is 1.21. The van der Waals surface area contributed by atoms with E-state index in [0.29, 0.717) is 0 Å². The molecule has 3 heteroatoms. The van der Waals surface area contributed by atoms with Crippen LogP contribution >= 0.6 is 0 Å². The molecule has 0 saturated carbocycles. The van der Waals surface area contributed by atoms with Crippen molar-refractivity contribution in [1.29, 1.82) is 0 Å². The van der Waals surface area contributed by atoms with Crippen LogP contribution in [0.3, 0.4) is 0 Å². The monoisotopic (exact) mass is 157 g/mol. The summed E-state index contributed by atoms with van der Waals surface area (Å²) < 4.78 is 0. The summed E-state index contributed by atoms with van der Waals surface area (Å²) in [5.74, 6) is 0. The quantitative estimate of drug-likeness (QED) is 0.595. The number of rotatable bonds is 4. The van der Waals surface area contributed by atoms with Crippen LogP contribution in [0.2, 0.25) is 11.2 Å². The van der Waals surface area contributed by atoms with Gasteiger partial charge in [-0.3, -0.25) is 0 Å². The minimum absolute atomic E-state index is 0.149. The lowest BCUT2D eigenvalue weighted by Gasteiger charge is -2.15. The van der Waals surface area contributed by atoms with Crippen LogP contribution in [0.4, 0.5) is 0 Å². The van der Waals surface area contributed by atoms with Crippen LogP contribution in [-0.2, 0) is 0 Å². The fraction of sp³-hybridized carbons (Fsp3) is 1.00. The van der Waals surface area contributed by atoms with Gasteiger partial charge in [0, 0.05) is 10.2 Å². The minimum Gasteiger partial charge on any atom is -0.323 e. The van der Waals surface area contributed by atoms with E-state index in [1.165, 1.54) is 12.2 Å². The standard InChI is InChI=1S/C6H15NSi2/c1-4-9(5-7-3)6(2)8/h6-7H,4-5H2,1-3H3. The number of hydrogen-bond acceptors (Lipinski definition) is 1. The van der Waals surface area contributed by atoms with E-state index in [1.54, 1.807) is 0 Å². The van der Waals surface area contributed by atoms with E-state index in [2.05, 4.69) is 29.4 Å². The largest absolute Gasteiger partial charge is 0.323 e. The van der Waals surface area contributed by atoms with Gasteiger partial charge in [0.05, 0.1) is 8.80 Å². The predicted molar refractivity (Wildman–Crippen MR) is 45.3 cm³/mol. The van der Waals surface area contributed by atoms with Gasteiger partial charge in [0.2, 0.25) is 0 Å². The van der Waals surface area contributed by atoms with Crippen molar-refractivity contribution in [1.82, 2.24) is 5.32 Å². The Hall–Kier alpha value is 0.394. The van der Waals surface area contributed by atoms with Crippen molar-refractivity contribution in [3.63, 3.8) is 0 Å². The van der Waals surface area contributed by atoms with Crippen molar-refractivity contribution < 1.29 is 0 Å². The molecule has 0 bridgehead atoms. The first kappa shape index (κ1) is 9.39. The van der Waals surface area contributed by atoms with Crippen molar-refractivity contribution in [2.75, 3.05) is 13.2 Å². The number of hydrogen-bond donors (Lipinski definition) is 1. The molecule has 0 rings (SSSR count). The molecule has 1 N–H and O–H groups in total. The second kappa shape index (κ2) is 5.20. The van der Waals surface area contributed by atoms with Gasteiger partial charge in [-0.15, -0.1) is 0 Å². The molecular weight excluding hydrogens is 142 g/mol. The van der Waals surface area contributed by atoms with Gasteiger partial charge in [-0.05, 0) is 13.2 Å². The highest BCUT2D eigenvalue weighted by molar-refractivity contribution is 6.67. The van der Waals surface area contributed by atoms with Gasteiger partial charge >= 0.3 is 0 Å². The van der Waals surface area contributed by atoms with Crippen molar-refractivity contribution in [3.8, 4) is 0 Å². The Bertz CT molecular complexity index is 66.1. The van der Waals surface area contributed by atoms with E-state index in [1.807, 2.05) is 7.05 Å². The Balaban J connectivity index is 3.41. The molecule has 0 aliphatic carbocycles. The second-order valence-electron chi connectivity index (χ2n) is 2.26. The maximum Gasteiger partial charge on any atom is 0.0638 e. The Morgan fingerprint density at radius 2 is 2.22 bits per heavy atom. The van der Waals surface area contributed by atoms with Gasteiger partial charge in [-0.1, -0.05) is 25.1 Å². The van der Waals surface area contributed by atoms with Crippen LogP contribution in [-0.4, -0.2) is 32.3 Å². The van der Waals surface area contributed by atoms with Crippen LogP contribution < -0.4 is 5.32 Å². The molecule has 0 aromatic carbocycles. The van der Waals surface area contributed by atoms with Crippen molar-refractivity contribution in [2.24, 2.45) is 0 Å².